The lowest BCUT2D eigenvalue weighted by Gasteiger charge is -2.41. The van der Waals surface area contributed by atoms with Gasteiger partial charge in [-0.15, -0.1) is 0 Å². The monoisotopic (exact) mass is 694 g/mol. The van der Waals surface area contributed by atoms with Gasteiger partial charge in [-0.1, -0.05) is 54.6 Å². The minimum atomic E-state index is -0.630. The topological polar surface area (TPSA) is 91.4 Å². The number of amides is 3. The molecule has 1 N–H and O–H groups in total. The van der Waals surface area contributed by atoms with E-state index in [9.17, 15) is 9.59 Å². The smallest absolute Gasteiger partial charge is 0.410 e. The number of para-hydroxylation sites is 1. The van der Waals surface area contributed by atoms with Crippen molar-refractivity contribution in [1.82, 2.24) is 15.1 Å². The van der Waals surface area contributed by atoms with Crippen molar-refractivity contribution in [3.05, 3.63) is 89.5 Å². The Morgan fingerprint density at radius 3 is 2.39 bits per heavy atom. The second-order valence-corrected chi connectivity index (χ2v) is 15.3. The van der Waals surface area contributed by atoms with Gasteiger partial charge in [0.15, 0.2) is 0 Å². The summed E-state index contributed by atoms with van der Waals surface area (Å²) in [7, 11) is 1.74. The fourth-order valence-electron chi connectivity index (χ4n) is 7.75. The van der Waals surface area contributed by atoms with Gasteiger partial charge < -0.3 is 29.5 Å². The minimum Gasteiger partial charge on any atom is -0.444 e. The largest absolute Gasteiger partial charge is 0.444 e. The van der Waals surface area contributed by atoms with E-state index in [1.165, 1.54) is 11.3 Å². The highest BCUT2D eigenvalue weighted by molar-refractivity contribution is 5.95. The molecule has 6 rings (SSSR count). The lowest BCUT2D eigenvalue weighted by atomic mass is 9.78. The van der Waals surface area contributed by atoms with Crippen LogP contribution in [0, 0.1) is 5.92 Å². The summed E-state index contributed by atoms with van der Waals surface area (Å²) in [6.45, 7) is 12.1. The Morgan fingerprint density at radius 2 is 1.67 bits per heavy atom. The standard InChI is InChI=1S/C42H54N4O5/c1-6-43-39(47)32-15-10-13-30(25-32)29-12-9-14-31(24-29)35-20-22-45(41(49)51-42(2,3)4)28-37(35)40(48)46(34-18-19-34)27-33-26-44(21-11-23-50-5)38-17-8-7-16-36(33)38/h7-10,12-17,24-25,33-35,37H,6,11,18-23,26-28H2,1-5H3,(H,43,47)/t33?,35-,37+/m1/s1. The average Bonchev–Trinajstić information content (AvgIpc) is 3.91. The number of nitrogens with zero attached hydrogens (tertiary/aromatic N) is 3. The molecule has 9 heteroatoms. The van der Waals surface area contributed by atoms with E-state index in [1.54, 1.807) is 12.0 Å². The van der Waals surface area contributed by atoms with Gasteiger partial charge in [0, 0.05) is 76.2 Å². The number of ether oxygens (including phenoxy) is 2. The first kappa shape index (κ1) is 36.4. The molecule has 0 radical (unpaired) electrons. The summed E-state index contributed by atoms with van der Waals surface area (Å²) >= 11 is 0. The highest BCUT2D eigenvalue weighted by Gasteiger charge is 2.44. The molecule has 0 spiro atoms. The summed E-state index contributed by atoms with van der Waals surface area (Å²) in [5.74, 6) is -0.269. The molecule has 1 aliphatic carbocycles. The zero-order valence-corrected chi connectivity index (χ0v) is 30.9. The Labute approximate surface area is 303 Å². The highest BCUT2D eigenvalue weighted by atomic mass is 16.6. The molecular weight excluding hydrogens is 640 g/mol. The van der Waals surface area contributed by atoms with E-state index in [0.717, 1.165) is 49.0 Å². The number of carbonyl (C=O) groups excluding carboxylic acids is 3. The molecule has 1 unspecified atom stereocenters. The van der Waals surface area contributed by atoms with E-state index in [0.29, 0.717) is 44.8 Å². The van der Waals surface area contributed by atoms with Crippen molar-refractivity contribution >= 4 is 23.6 Å². The summed E-state index contributed by atoms with van der Waals surface area (Å²) in [6, 6.07) is 24.9. The maximum absolute atomic E-state index is 15.0. The molecule has 0 aromatic heterocycles. The zero-order chi connectivity index (χ0) is 36.1. The van der Waals surface area contributed by atoms with Crippen molar-refractivity contribution in [3.8, 4) is 11.1 Å². The van der Waals surface area contributed by atoms with Gasteiger partial charge in [0.2, 0.25) is 5.91 Å². The van der Waals surface area contributed by atoms with Crippen LogP contribution in [0.5, 0.6) is 0 Å². The number of methoxy groups -OCH3 is 1. The molecule has 3 amide bonds. The molecule has 1 saturated carbocycles. The lowest BCUT2D eigenvalue weighted by molar-refractivity contribution is -0.138. The molecule has 2 fully saturated rings. The second-order valence-electron chi connectivity index (χ2n) is 15.3. The molecule has 272 valence electrons. The van der Waals surface area contributed by atoms with E-state index in [4.69, 9.17) is 9.47 Å². The average molecular weight is 695 g/mol. The van der Waals surface area contributed by atoms with Crippen molar-refractivity contribution in [1.29, 1.82) is 0 Å². The number of hydrogen-bond acceptors (Lipinski definition) is 6. The summed E-state index contributed by atoms with van der Waals surface area (Å²) in [6.07, 6.45) is 3.23. The van der Waals surface area contributed by atoms with Gasteiger partial charge >= 0.3 is 6.09 Å². The van der Waals surface area contributed by atoms with E-state index in [1.807, 2.05) is 58.0 Å². The van der Waals surface area contributed by atoms with Gasteiger partial charge in [-0.2, -0.15) is 0 Å². The number of nitrogens with one attached hydrogen (secondary N) is 1. The number of hydrogen-bond donors (Lipinski definition) is 1. The van der Waals surface area contributed by atoms with Gasteiger partial charge in [0.1, 0.15) is 5.60 Å². The van der Waals surface area contributed by atoms with Gasteiger partial charge in [-0.05, 0) is 99.7 Å². The number of anilines is 1. The van der Waals surface area contributed by atoms with Crippen molar-refractivity contribution in [2.45, 2.75) is 76.9 Å². The molecule has 9 nitrogen and oxygen atoms in total. The number of rotatable bonds is 12. The number of piperidine rings is 1. The van der Waals surface area contributed by atoms with Crippen molar-refractivity contribution in [2.75, 3.05) is 57.9 Å². The van der Waals surface area contributed by atoms with Gasteiger partial charge in [-0.25, -0.2) is 4.79 Å². The molecule has 51 heavy (non-hydrogen) atoms. The van der Waals surface area contributed by atoms with Crippen molar-refractivity contribution < 1.29 is 23.9 Å². The maximum atomic E-state index is 15.0. The maximum Gasteiger partial charge on any atom is 0.410 e. The predicted molar refractivity (Wildman–Crippen MR) is 201 cm³/mol. The number of fused-ring (bicyclic) bond motifs is 1. The first-order chi connectivity index (χ1) is 24.6. The third-order valence-electron chi connectivity index (χ3n) is 10.3. The molecule has 3 aromatic carbocycles. The summed E-state index contributed by atoms with van der Waals surface area (Å²) in [5, 5.41) is 2.89. The van der Waals surface area contributed by atoms with E-state index < -0.39 is 11.5 Å². The Bertz CT molecular complexity index is 1700. The van der Waals surface area contributed by atoms with Crippen LogP contribution >= 0.6 is 0 Å². The highest BCUT2D eigenvalue weighted by Crippen LogP contribution is 2.42. The third kappa shape index (κ3) is 8.75. The Hall–Kier alpha value is -4.37. The first-order valence-electron chi connectivity index (χ1n) is 18.7. The van der Waals surface area contributed by atoms with E-state index >= 15 is 4.79 Å². The SMILES string of the molecule is CCNC(=O)c1cccc(-c2cccc([C@H]3CCN(C(=O)OC(C)(C)C)C[C@@H]3C(=O)N(CC3CN(CCCOC)c4ccccc43)C3CC3)c2)c1. The molecule has 3 aliphatic rings. The van der Waals surface area contributed by atoms with Crippen LogP contribution in [0.4, 0.5) is 10.5 Å². The third-order valence-corrected chi connectivity index (χ3v) is 10.3. The minimum absolute atomic E-state index is 0.0784. The molecule has 0 bridgehead atoms. The van der Waals surface area contributed by atoms with Gasteiger partial charge in [-0.3, -0.25) is 9.59 Å². The van der Waals surface area contributed by atoms with Crippen LogP contribution in [-0.4, -0.2) is 92.3 Å². The van der Waals surface area contributed by atoms with Crippen molar-refractivity contribution in [3.63, 3.8) is 0 Å². The molecule has 1 saturated heterocycles. The summed E-state index contributed by atoms with van der Waals surface area (Å²) < 4.78 is 11.1. The number of benzene rings is 3. The molecule has 3 aromatic rings. The molecular formula is C42H54N4O5. The molecule has 3 atom stereocenters. The lowest BCUT2D eigenvalue weighted by Crippen LogP contribution is -2.51. The van der Waals surface area contributed by atoms with Gasteiger partial charge in [0.25, 0.3) is 5.91 Å². The zero-order valence-electron chi connectivity index (χ0n) is 30.9. The molecule has 2 heterocycles. The summed E-state index contributed by atoms with van der Waals surface area (Å²) in [5.41, 5.74) is 5.55. The van der Waals surface area contributed by atoms with Crippen molar-refractivity contribution in [2.24, 2.45) is 5.92 Å². The number of carbonyl (C=O) groups is 3. The molecule has 2 aliphatic heterocycles. The van der Waals surface area contributed by atoms with E-state index in [2.05, 4.69) is 57.6 Å². The van der Waals surface area contributed by atoms with Crippen LogP contribution in [0.25, 0.3) is 11.1 Å². The Kier molecular flexibility index (Phi) is 11.3. The quantitative estimate of drug-likeness (QED) is 0.204. The normalized spacial score (nSPS) is 20.1. The van der Waals surface area contributed by atoms with E-state index in [-0.39, 0.29) is 35.8 Å². The Morgan fingerprint density at radius 1 is 0.922 bits per heavy atom. The van der Waals surface area contributed by atoms with Crippen LogP contribution in [0.3, 0.4) is 0 Å². The van der Waals surface area contributed by atoms with Crippen LogP contribution in [-0.2, 0) is 14.3 Å². The fraction of sp³-hybridized carbons (Fsp3) is 0.500. The van der Waals surface area contributed by atoms with Gasteiger partial charge in [0.05, 0.1) is 5.92 Å². The second kappa shape index (κ2) is 15.9. The Balaban J connectivity index is 1.29. The van der Waals surface area contributed by atoms with Crippen LogP contribution in [0.2, 0.25) is 0 Å². The predicted octanol–water partition coefficient (Wildman–Crippen LogP) is 7.08. The van der Waals surface area contributed by atoms with Crippen LogP contribution in [0.1, 0.15) is 86.7 Å². The number of likely N-dealkylation sites (tertiary alicyclic amines) is 1. The first-order valence-corrected chi connectivity index (χ1v) is 18.7. The fourth-order valence-corrected chi connectivity index (χ4v) is 7.75. The van der Waals surface area contributed by atoms with Crippen LogP contribution in [0.15, 0.2) is 72.8 Å². The summed E-state index contributed by atoms with van der Waals surface area (Å²) in [4.78, 5) is 47.4. The van der Waals surface area contributed by atoms with Crippen LogP contribution < -0.4 is 10.2 Å².